The lowest BCUT2D eigenvalue weighted by atomic mass is 9.99. The molecule has 2 aromatic carbocycles. The molecule has 0 aromatic heterocycles. The third-order valence-electron chi connectivity index (χ3n) is 4.50. The summed E-state index contributed by atoms with van der Waals surface area (Å²) in [6.07, 6.45) is 0. The molecule has 0 saturated carbocycles. The zero-order valence-electron chi connectivity index (χ0n) is 13.0. The van der Waals surface area contributed by atoms with E-state index < -0.39 is 0 Å². The van der Waals surface area contributed by atoms with Crippen LogP contribution in [0.2, 0.25) is 0 Å². The van der Waals surface area contributed by atoms with Gasteiger partial charge in [-0.15, -0.1) is 0 Å². The van der Waals surface area contributed by atoms with Crippen LogP contribution in [-0.4, -0.2) is 48.4 Å². The van der Waals surface area contributed by atoms with Crippen LogP contribution in [0.15, 0.2) is 42.5 Å². The molecule has 1 atom stereocenters. The molecule has 1 heterocycles. The minimum absolute atomic E-state index is 0.00465. The van der Waals surface area contributed by atoms with Gasteiger partial charge >= 0.3 is 0 Å². The number of carbonyl (C=O) groups excluding carboxylic acids is 1. The lowest BCUT2D eigenvalue weighted by molar-refractivity contribution is -0.130. The normalized spacial score (nSPS) is 17.6. The summed E-state index contributed by atoms with van der Waals surface area (Å²) in [6, 6.07) is 14.7. The first kappa shape index (κ1) is 15.0. The van der Waals surface area contributed by atoms with Gasteiger partial charge in [0, 0.05) is 45.7 Å². The van der Waals surface area contributed by atoms with Gasteiger partial charge in [0.2, 0.25) is 5.91 Å². The molecule has 1 unspecified atom stereocenters. The Morgan fingerprint density at radius 3 is 2.50 bits per heavy atom. The van der Waals surface area contributed by atoms with Crippen molar-refractivity contribution >= 4 is 16.7 Å². The van der Waals surface area contributed by atoms with Crippen LogP contribution in [0.4, 0.5) is 0 Å². The molecule has 0 bridgehead atoms. The van der Waals surface area contributed by atoms with Crippen LogP contribution in [0.3, 0.4) is 0 Å². The molecule has 1 aliphatic heterocycles. The van der Waals surface area contributed by atoms with Crippen molar-refractivity contribution in [2.24, 2.45) is 5.73 Å². The summed E-state index contributed by atoms with van der Waals surface area (Å²) >= 11 is 0. The molecular formula is C18H23N3O. The molecule has 3 rings (SSSR count). The topological polar surface area (TPSA) is 49.6 Å². The highest BCUT2D eigenvalue weighted by atomic mass is 16.2. The molecule has 0 aliphatic carbocycles. The number of rotatable bonds is 3. The van der Waals surface area contributed by atoms with Crippen molar-refractivity contribution in [3.05, 3.63) is 48.0 Å². The first-order chi connectivity index (χ1) is 10.6. The molecule has 0 radical (unpaired) electrons. The largest absolute Gasteiger partial charge is 0.340 e. The van der Waals surface area contributed by atoms with Crippen LogP contribution in [0, 0.1) is 0 Å². The van der Waals surface area contributed by atoms with Gasteiger partial charge in [-0.05, 0) is 16.3 Å². The molecule has 1 aliphatic rings. The van der Waals surface area contributed by atoms with E-state index in [9.17, 15) is 4.79 Å². The summed E-state index contributed by atoms with van der Waals surface area (Å²) in [4.78, 5) is 15.6. The third kappa shape index (κ3) is 3.13. The van der Waals surface area contributed by atoms with Gasteiger partial charge in [-0.2, -0.15) is 0 Å². The summed E-state index contributed by atoms with van der Waals surface area (Å²) in [5.41, 5.74) is 7.67. The van der Waals surface area contributed by atoms with E-state index in [0.717, 1.165) is 32.7 Å². The summed E-state index contributed by atoms with van der Waals surface area (Å²) in [7, 11) is 0. The molecule has 1 amide bonds. The van der Waals surface area contributed by atoms with Crippen LogP contribution in [0.5, 0.6) is 0 Å². The number of hydrogen-bond acceptors (Lipinski definition) is 3. The predicted molar refractivity (Wildman–Crippen MR) is 89.6 cm³/mol. The lowest BCUT2D eigenvalue weighted by Gasteiger charge is -2.35. The van der Waals surface area contributed by atoms with Crippen molar-refractivity contribution in [2.45, 2.75) is 13.0 Å². The second kappa shape index (κ2) is 6.46. The first-order valence-electron chi connectivity index (χ1n) is 7.86. The molecule has 0 spiro atoms. The monoisotopic (exact) mass is 297 g/mol. The maximum Gasteiger partial charge on any atom is 0.219 e. The molecule has 2 N–H and O–H groups in total. The molecule has 1 fully saturated rings. The van der Waals surface area contributed by atoms with Crippen molar-refractivity contribution < 1.29 is 4.79 Å². The van der Waals surface area contributed by atoms with Gasteiger partial charge in [-0.1, -0.05) is 42.5 Å². The Morgan fingerprint density at radius 1 is 1.09 bits per heavy atom. The number of nitrogens with two attached hydrogens (primary N) is 1. The van der Waals surface area contributed by atoms with Crippen molar-refractivity contribution in [1.82, 2.24) is 9.80 Å². The predicted octanol–water partition coefficient (Wildman–Crippen LogP) is 2.00. The highest BCUT2D eigenvalue weighted by molar-refractivity contribution is 5.86. The van der Waals surface area contributed by atoms with Crippen LogP contribution in [-0.2, 0) is 4.79 Å². The van der Waals surface area contributed by atoms with Gasteiger partial charge in [0.15, 0.2) is 0 Å². The number of piperazine rings is 1. The van der Waals surface area contributed by atoms with E-state index in [1.807, 2.05) is 4.90 Å². The van der Waals surface area contributed by atoms with Gasteiger partial charge in [-0.3, -0.25) is 9.69 Å². The van der Waals surface area contributed by atoms with Crippen LogP contribution >= 0.6 is 0 Å². The standard InChI is InChI=1S/C18H23N3O/c1-14(22)21-11-9-20(10-12-21)13-18(19)17-8-4-6-15-5-2-3-7-16(15)17/h2-8,18H,9-13,19H2,1H3. The maximum atomic E-state index is 11.4. The van der Waals surface area contributed by atoms with E-state index in [2.05, 4.69) is 47.4 Å². The molecule has 116 valence electrons. The van der Waals surface area contributed by atoms with E-state index in [1.165, 1.54) is 16.3 Å². The summed E-state index contributed by atoms with van der Waals surface area (Å²) in [6.45, 7) is 5.88. The lowest BCUT2D eigenvalue weighted by Crippen LogP contribution is -2.49. The van der Waals surface area contributed by atoms with Crippen molar-refractivity contribution in [1.29, 1.82) is 0 Å². The van der Waals surface area contributed by atoms with Gasteiger partial charge in [0.25, 0.3) is 0 Å². The van der Waals surface area contributed by atoms with E-state index in [4.69, 9.17) is 5.73 Å². The van der Waals surface area contributed by atoms with Crippen molar-refractivity contribution in [3.8, 4) is 0 Å². The Bertz CT molecular complexity index is 657. The molecule has 4 heteroatoms. The average molecular weight is 297 g/mol. The number of benzene rings is 2. The highest BCUT2D eigenvalue weighted by Crippen LogP contribution is 2.23. The van der Waals surface area contributed by atoms with Crippen molar-refractivity contribution in [2.75, 3.05) is 32.7 Å². The Balaban J connectivity index is 1.69. The zero-order chi connectivity index (χ0) is 15.5. The zero-order valence-corrected chi connectivity index (χ0v) is 13.0. The van der Waals surface area contributed by atoms with E-state index in [-0.39, 0.29) is 11.9 Å². The SMILES string of the molecule is CC(=O)N1CCN(CC(N)c2cccc3ccccc23)CC1. The summed E-state index contributed by atoms with van der Waals surface area (Å²) in [5, 5.41) is 2.47. The smallest absolute Gasteiger partial charge is 0.219 e. The maximum absolute atomic E-state index is 11.4. The van der Waals surface area contributed by atoms with Gasteiger partial charge in [0.05, 0.1) is 0 Å². The quantitative estimate of drug-likeness (QED) is 0.943. The van der Waals surface area contributed by atoms with Gasteiger partial charge in [0.1, 0.15) is 0 Å². The van der Waals surface area contributed by atoms with E-state index in [1.54, 1.807) is 6.92 Å². The van der Waals surface area contributed by atoms with Gasteiger partial charge < -0.3 is 10.6 Å². The van der Waals surface area contributed by atoms with Gasteiger partial charge in [-0.25, -0.2) is 0 Å². The van der Waals surface area contributed by atoms with Crippen LogP contribution < -0.4 is 5.73 Å². The van der Waals surface area contributed by atoms with Crippen molar-refractivity contribution in [3.63, 3.8) is 0 Å². The Hall–Kier alpha value is -1.91. The number of hydrogen-bond donors (Lipinski definition) is 1. The number of carbonyl (C=O) groups is 1. The first-order valence-corrected chi connectivity index (χ1v) is 7.86. The Morgan fingerprint density at radius 2 is 1.77 bits per heavy atom. The number of fused-ring (bicyclic) bond motifs is 1. The molecule has 1 saturated heterocycles. The fourth-order valence-corrected chi connectivity index (χ4v) is 3.20. The highest BCUT2D eigenvalue weighted by Gasteiger charge is 2.21. The number of amides is 1. The van der Waals surface area contributed by atoms with Crippen LogP contribution in [0.25, 0.3) is 10.8 Å². The van der Waals surface area contributed by atoms with Crippen LogP contribution in [0.1, 0.15) is 18.5 Å². The Labute approximate surface area is 131 Å². The van der Waals surface area contributed by atoms with E-state index in [0.29, 0.717) is 0 Å². The second-order valence-corrected chi connectivity index (χ2v) is 5.98. The minimum Gasteiger partial charge on any atom is -0.340 e. The Kier molecular flexibility index (Phi) is 4.41. The molecule has 4 nitrogen and oxygen atoms in total. The molecule has 2 aromatic rings. The summed E-state index contributed by atoms with van der Waals surface area (Å²) in [5.74, 6) is 0.165. The third-order valence-corrected chi connectivity index (χ3v) is 4.50. The fraction of sp³-hybridized carbons (Fsp3) is 0.389. The van der Waals surface area contributed by atoms with E-state index >= 15 is 0 Å². The minimum atomic E-state index is -0.00465. The summed E-state index contributed by atoms with van der Waals surface area (Å²) < 4.78 is 0. The second-order valence-electron chi connectivity index (χ2n) is 5.98. The average Bonchev–Trinajstić information content (AvgIpc) is 2.54. The molecule has 22 heavy (non-hydrogen) atoms. The number of nitrogens with zero attached hydrogens (tertiary/aromatic N) is 2. The molecular weight excluding hydrogens is 274 g/mol. The fourth-order valence-electron chi connectivity index (χ4n) is 3.20.